The van der Waals surface area contributed by atoms with Crippen LogP contribution in [0.25, 0.3) is 0 Å². The van der Waals surface area contributed by atoms with E-state index in [1.54, 1.807) is 19.1 Å². The molecule has 0 aliphatic heterocycles. The molecule has 0 fully saturated rings. The first-order chi connectivity index (χ1) is 7.58. The molecule has 1 aromatic rings. The van der Waals surface area contributed by atoms with Crippen LogP contribution in [0, 0.1) is 14.9 Å². The topological polar surface area (TPSA) is 50.1 Å². The number of benzene rings is 1. The van der Waals surface area contributed by atoms with E-state index >= 15 is 0 Å². The minimum atomic E-state index is -0.291. The minimum Gasteiger partial charge on any atom is -0.466 e. The zero-order chi connectivity index (χ0) is 12.1. The van der Waals surface area contributed by atoms with Gasteiger partial charge < -0.3 is 4.74 Å². The van der Waals surface area contributed by atoms with Crippen LogP contribution in [-0.4, -0.2) is 12.6 Å². The standard InChI is InChI=1S/C11H9ClINO2/c1-2-16-11(15)5-7-3-9(12)8(6-14)4-10(7)13/h3-4H,2,5H2,1H3. The van der Waals surface area contributed by atoms with Gasteiger partial charge >= 0.3 is 5.97 Å². The molecule has 0 aromatic heterocycles. The summed E-state index contributed by atoms with van der Waals surface area (Å²) < 4.78 is 5.69. The van der Waals surface area contributed by atoms with Crippen molar-refractivity contribution in [1.29, 1.82) is 5.26 Å². The van der Waals surface area contributed by atoms with Gasteiger partial charge in [-0.1, -0.05) is 11.6 Å². The summed E-state index contributed by atoms with van der Waals surface area (Å²) in [5.41, 5.74) is 1.20. The Bertz CT molecular complexity index is 454. The number of esters is 1. The first-order valence-electron chi connectivity index (χ1n) is 4.62. The molecule has 0 heterocycles. The van der Waals surface area contributed by atoms with Crippen LogP contribution in [0.1, 0.15) is 18.1 Å². The van der Waals surface area contributed by atoms with Gasteiger partial charge in [0.15, 0.2) is 0 Å². The van der Waals surface area contributed by atoms with Crippen molar-refractivity contribution in [1.82, 2.24) is 0 Å². The van der Waals surface area contributed by atoms with Crippen LogP contribution in [0.2, 0.25) is 5.02 Å². The fourth-order valence-corrected chi connectivity index (χ4v) is 2.06. The van der Waals surface area contributed by atoms with Crippen molar-refractivity contribution in [2.24, 2.45) is 0 Å². The van der Waals surface area contributed by atoms with E-state index < -0.39 is 0 Å². The molecular weight excluding hydrogens is 340 g/mol. The molecule has 16 heavy (non-hydrogen) atoms. The smallest absolute Gasteiger partial charge is 0.310 e. The Morgan fingerprint density at radius 3 is 2.88 bits per heavy atom. The van der Waals surface area contributed by atoms with Gasteiger partial charge in [0, 0.05) is 3.57 Å². The molecule has 5 heteroatoms. The van der Waals surface area contributed by atoms with Gasteiger partial charge in [-0.05, 0) is 47.2 Å². The van der Waals surface area contributed by atoms with E-state index in [0.717, 1.165) is 9.13 Å². The monoisotopic (exact) mass is 349 g/mol. The lowest BCUT2D eigenvalue weighted by Crippen LogP contribution is -2.08. The fourth-order valence-electron chi connectivity index (χ4n) is 1.18. The van der Waals surface area contributed by atoms with E-state index in [0.29, 0.717) is 17.2 Å². The molecule has 3 nitrogen and oxygen atoms in total. The van der Waals surface area contributed by atoms with Gasteiger partial charge in [0.05, 0.1) is 23.6 Å². The van der Waals surface area contributed by atoms with Gasteiger partial charge in [0.25, 0.3) is 0 Å². The predicted molar refractivity (Wildman–Crippen MR) is 69.2 cm³/mol. The second kappa shape index (κ2) is 6.06. The first kappa shape index (κ1) is 13.3. The lowest BCUT2D eigenvalue weighted by molar-refractivity contribution is -0.142. The van der Waals surface area contributed by atoms with Crippen LogP contribution in [0.15, 0.2) is 12.1 Å². The molecule has 1 aromatic carbocycles. The molecule has 0 amide bonds. The maximum absolute atomic E-state index is 11.3. The fraction of sp³-hybridized carbons (Fsp3) is 0.273. The molecule has 0 unspecified atom stereocenters. The van der Waals surface area contributed by atoms with Crippen molar-refractivity contribution in [3.8, 4) is 6.07 Å². The van der Waals surface area contributed by atoms with Crippen molar-refractivity contribution in [3.05, 3.63) is 31.9 Å². The van der Waals surface area contributed by atoms with Crippen molar-refractivity contribution in [2.75, 3.05) is 6.61 Å². The van der Waals surface area contributed by atoms with Gasteiger partial charge in [-0.25, -0.2) is 0 Å². The number of nitrogens with zero attached hydrogens (tertiary/aromatic N) is 1. The average molecular weight is 350 g/mol. The molecule has 84 valence electrons. The molecular formula is C11H9ClINO2. The zero-order valence-electron chi connectivity index (χ0n) is 8.59. The maximum atomic E-state index is 11.3. The number of rotatable bonds is 3. The van der Waals surface area contributed by atoms with E-state index in [-0.39, 0.29) is 12.4 Å². The second-order valence-corrected chi connectivity index (χ2v) is 4.59. The number of hydrogen-bond acceptors (Lipinski definition) is 3. The Morgan fingerprint density at radius 2 is 2.31 bits per heavy atom. The van der Waals surface area contributed by atoms with Crippen LogP contribution in [-0.2, 0) is 16.0 Å². The molecule has 0 N–H and O–H groups in total. The number of carbonyl (C=O) groups is 1. The van der Waals surface area contributed by atoms with Crippen LogP contribution >= 0.6 is 34.2 Å². The van der Waals surface area contributed by atoms with Crippen molar-refractivity contribution in [3.63, 3.8) is 0 Å². The van der Waals surface area contributed by atoms with Gasteiger partial charge in [-0.2, -0.15) is 5.26 Å². The highest BCUT2D eigenvalue weighted by Gasteiger charge is 2.11. The van der Waals surface area contributed by atoms with Crippen LogP contribution < -0.4 is 0 Å². The quantitative estimate of drug-likeness (QED) is 0.623. The van der Waals surface area contributed by atoms with E-state index in [4.69, 9.17) is 21.6 Å². The lowest BCUT2D eigenvalue weighted by atomic mass is 10.1. The largest absolute Gasteiger partial charge is 0.466 e. The van der Waals surface area contributed by atoms with E-state index in [2.05, 4.69) is 22.6 Å². The number of hydrogen-bond donors (Lipinski definition) is 0. The number of nitriles is 1. The molecule has 0 spiro atoms. The molecule has 0 saturated carbocycles. The molecule has 0 radical (unpaired) electrons. The SMILES string of the molecule is CCOC(=O)Cc1cc(Cl)c(C#N)cc1I. The van der Waals surface area contributed by atoms with Crippen LogP contribution in [0.5, 0.6) is 0 Å². The molecule has 0 aliphatic carbocycles. The van der Waals surface area contributed by atoms with Crippen LogP contribution in [0.3, 0.4) is 0 Å². The number of carbonyl (C=O) groups excluding carboxylic acids is 1. The molecule has 0 saturated heterocycles. The van der Waals surface area contributed by atoms with Gasteiger partial charge in [0.2, 0.25) is 0 Å². The third kappa shape index (κ3) is 3.35. The summed E-state index contributed by atoms with van der Waals surface area (Å²) in [5.74, 6) is -0.291. The lowest BCUT2D eigenvalue weighted by Gasteiger charge is -2.06. The third-order valence-electron chi connectivity index (χ3n) is 1.90. The number of halogens is 2. The summed E-state index contributed by atoms with van der Waals surface area (Å²) in [6.45, 7) is 2.12. The van der Waals surface area contributed by atoms with E-state index in [1.807, 2.05) is 6.07 Å². The summed E-state index contributed by atoms with van der Waals surface area (Å²) in [6.07, 6.45) is 0.178. The van der Waals surface area contributed by atoms with Gasteiger partial charge in [-0.3, -0.25) is 4.79 Å². The minimum absolute atomic E-state index is 0.178. The zero-order valence-corrected chi connectivity index (χ0v) is 11.5. The summed E-state index contributed by atoms with van der Waals surface area (Å²) in [7, 11) is 0. The second-order valence-electron chi connectivity index (χ2n) is 3.02. The van der Waals surface area contributed by atoms with Crippen molar-refractivity contribution >= 4 is 40.2 Å². The number of ether oxygens (including phenoxy) is 1. The predicted octanol–water partition coefficient (Wildman–Crippen LogP) is 2.92. The third-order valence-corrected chi connectivity index (χ3v) is 3.21. The highest BCUT2D eigenvalue weighted by atomic mass is 127. The normalized spacial score (nSPS) is 9.62. The van der Waals surface area contributed by atoms with Gasteiger partial charge in [0.1, 0.15) is 6.07 Å². The molecule has 0 aliphatic rings. The van der Waals surface area contributed by atoms with E-state index in [9.17, 15) is 4.79 Å². The molecule has 0 atom stereocenters. The maximum Gasteiger partial charge on any atom is 0.310 e. The molecule has 0 bridgehead atoms. The summed E-state index contributed by atoms with van der Waals surface area (Å²) in [6, 6.07) is 5.29. The highest BCUT2D eigenvalue weighted by molar-refractivity contribution is 14.1. The Hall–Kier alpha value is -0.800. The Morgan fingerprint density at radius 1 is 1.62 bits per heavy atom. The summed E-state index contributed by atoms with van der Waals surface area (Å²) >= 11 is 7.95. The van der Waals surface area contributed by atoms with Crippen LogP contribution in [0.4, 0.5) is 0 Å². The first-order valence-corrected chi connectivity index (χ1v) is 6.07. The van der Waals surface area contributed by atoms with Crippen molar-refractivity contribution in [2.45, 2.75) is 13.3 Å². The Kier molecular flexibility index (Phi) is 5.03. The highest BCUT2D eigenvalue weighted by Crippen LogP contribution is 2.23. The average Bonchev–Trinajstić information content (AvgIpc) is 2.23. The van der Waals surface area contributed by atoms with Crippen molar-refractivity contribution < 1.29 is 9.53 Å². The Labute approximate surface area is 112 Å². The summed E-state index contributed by atoms with van der Waals surface area (Å²) in [4.78, 5) is 11.3. The molecule has 1 rings (SSSR count). The Balaban J connectivity index is 2.95. The summed E-state index contributed by atoms with van der Waals surface area (Å²) in [5, 5.41) is 9.13. The van der Waals surface area contributed by atoms with Gasteiger partial charge in [-0.15, -0.1) is 0 Å². The van der Waals surface area contributed by atoms with E-state index in [1.165, 1.54) is 0 Å².